The van der Waals surface area contributed by atoms with Crippen LogP contribution in [0.25, 0.3) is 22.5 Å². The van der Waals surface area contributed by atoms with Gasteiger partial charge in [0.05, 0.1) is 17.4 Å². The maximum atomic E-state index is 9.10. The second-order valence-electron chi connectivity index (χ2n) is 7.44. The monoisotopic (exact) mass is 364 g/mol. The minimum Gasteiger partial charge on any atom is -0.387 e. The number of nitrogens with zero attached hydrogens (tertiary/aromatic N) is 4. The van der Waals surface area contributed by atoms with Gasteiger partial charge in [-0.3, -0.25) is 4.68 Å². The molecule has 0 fully saturated rings. The fourth-order valence-corrected chi connectivity index (χ4v) is 1.90. The Kier molecular flexibility index (Phi) is 6.18. The highest BCUT2D eigenvalue weighted by atomic mass is 16.3. The summed E-state index contributed by atoms with van der Waals surface area (Å²) in [5.41, 5.74) is 1.67. The summed E-state index contributed by atoms with van der Waals surface area (Å²) in [5.74, 6) is 0.667. The van der Waals surface area contributed by atoms with E-state index in [1.165, 1.54) is 0 Å². The summed E-state index contributed by atoms with van der Waals surface area (Å²) in [6.45, 7) is 6.31. The van der Waals surface area contributed by atoms with Crippen LogP contribution >= 0.6 is 0 Å². The van der Waals surface area contributed by atoms with Crippen molar-refractivity contribution in [1.29, 1.82) is 0 Å². The molecule has 0 atom stereocenters. The first-order valence-corrected chi connectivity index (χ1v) is 8.59. The van der Waals surface area contributed by atoms with Gasteiger partial charge in [-0.05, 0) is 39.3 Å². The minimum atomic E-state index is -1.01. The van der Waals surface area contributed by atoms with Crippen LogP contribution in [0.15, 0.2) is 49.1 Å². The van der Waals surface area contributed by atoms with E-state index in [1.807, 2.05) is 43.7 Å². The lowest BCUT2D eigenvalue weighted by Gasteiger charge is -2.31. The number of rotatable bonds is 3. The smallest absolute Gasteiger partial charge is 0.159 e. The van der Waals surface area contributed by atoms with Crippen molar-refractivity contribution >= 4 is 13.3 Å². The van der Waals surface area contributed by atoms with Crippen molar-refractivity contribution in [3.8, 4) is 22.5 Å². The Bertz CT molecular complexity index is 866. The van der Waals surface area contributed by atoms with Crippen molar-refractivity contribution in [3.05, 3.63) is 49.1 Å². The summed E-state index contributed by atoms with van der Waals surface area (Å²) in [4.78, 5) is 8.46. The quantitative estimate of drug-likeness (QED) is 0.693. The molecule has 0 aliphatic carbocycles. The first kappa shape index (κ1) is 20.8. The lowest BCUT2D eigenvalue weighted by atomic mass is 9.90. The molecule has 2 N–H and O–H groups in total. The summed E-state index contributed by atoms with van der Waals surface area (Å²) in [6, 6.07) is 8.04. The van der Waals surface area contributed by atoms with Gasteiger partial charge in [0, 0.05) is 36.8 Å². The van der Waals surface area contributed by atoms with Crippen molar-refractivity contribution in [3.63, 3.8) is 0 Å². The zero-order valence-electron chi connectivity index (χ0n) is 16.4. The molecule has 0 bridgehead atoms. The van der Waals surface area contributed by atoms with Gasteiger partial charge in [0.25, 0.3) is 0 Å². The molecule has 3 aromatic rings. The average Bonchev–Trinajstić information content (AvgIpc) is 3.01. The van der Waals surface area contributed by atoms with Crippen molar-refractivity contribution < 1.29 is 10.2 Å². The van der Waals surface area contributed by atoms with Crippen LogP contribution in [-0.2, 0) is 7.05 Å². The second kappa shape index (κ2) is 8.02. The number of benzene rings is 1. The van der Waals surface area contributed by atoms with Gasteiger partial charge in [-0.25, -0.2) is 9.97 Å². The topological polar surface area (TPSA) is 84.1 Å². The number of aliphatic hydroxyl groups is 2. The normalized spacial score (nSPS) is 11.7. The molecule has 6 nitrogen and oxygen atoms in total. The second-order valence-corrected chi connectivity index (χ2v) is 7.44. The van der Waals surface area contributed by atoms with E-state index in [0.717, 1.165) is 16.7 Å². The lowest BCUT2D eigenvalue weighted by molar-refractivity contribution is -0.107. The summed E-state index contributed by atoms with van der Waals surface area (Å²) >= 11 is 0. The Hall–Kier alpha value is -2.51. The lowest BCUT2D eigenvalue weighted by Crippen LogP contribution is -2.44. The van der Waals surface area contributed by atoms with Crippen LogP contribution in [0.1, 0.15) is 27.7 Å². The Morgan fingerprint density at radius 3 is 1.93 bits per heavy atom. The van der Waals surface area contributed by atoms with E-state index < -0.39 is 11.2 Å². The van der Waals surface area contributed by atoms with Gasteiger partial charge < -0.3 is 10.2 Å². The Morgan fingerprint density at radius 1 is 0.889 bits per heavy atom. The molecule has 2 aromatic heterocycles. The molecular formula is C20H25BN4O2. The Balaban J connectivity index is 0.000000279. The Labute approximate surface area is 161 Å². The molecule has 0 spiro atoms. The van der Waals surface area contributed by atoms with Crippen LogP contribution < -0.4 is 5.46 Å². The molecule has 27 heavy (non-hydrogen) atoms. The predicted octanol–water partition coefficient (Wildman–Crippen LogP) is 1.87. The number of aryl methyl sites for hydroxylation is 1. The molecule has 2 radical (unpaired) electrons. The van der Waals surface area contributed by atoms with Gasteiger partial charge in [-0.1, -0.05) is 23.7 Å². The molecule has 0 unspecified atom stereocenters. The van der Waals surface area contributed by atoms with Crippen LogP contribution in [0, 0.1) is 0 Å². The molecule has 0 saturated carbocycles. The highest BCUT2D eigenvalue weighted by molar-refractivity contribution is 6.31. The van der Waals surface area contributed by atoms with Crippen molar-refractivity contribution in [2.75, 3.05) is 0 Å². The molecular weight excluding hydrogens is 339 g/mol. The molecule has 0 aliphatic rings. The maximum absolute atomic E-state index is 9.10. The first-order valence-electron chi connectivity index (χ1n) is 8.59. The molecule has 1 aromatic carbocycles. The van der Waals surface area contributed by atoms with Gasteiger partial charge in [0.15, 0.2) is 5.82 Å². The fraction of sp³-hybridized carbons (Fsp3) is 0.350. The molecule has 0 amide bonds. The largest absolute Gasteiger partial charge is 0.387 e. The zero-order valence-corrected chi connectivity index (χ0v) is 16.4. The van der Waals surface area contributed by atoms with Crippen molar-refractivity contribution in [2.24, 2.45) is 7.05 Å². The summed E-state index contributed by atoms with van der Waals surface area (Å²) in [7, 11) is 7.49. The van der Waals surface area contributed by atoms with Gasteiger partial charge in [-0.2, -0.15) is 5.10 Å². The summed E-state index contributed by atoms with van der Waals surface area (Å²) in [5, 5.41) is 22.4. The maximum Gasteiger partial charge on any atom is 0.159 e. The van der Waals surface area contributed by atoms with E-state index in [4.69, 9.17) is 18.1 Å². The SMILES string of the molecule is CC(C)(O)C(C)(C)O.[B]c1cnc(-c2cccc(-c3cnn(C)c3)c2)nc1. The van der Waals surface area contributed by atoms with Crippen LogP contribution in [0.2, 0.25) is 0 Å². The molecule has 0 saturated heterocycles. The number of hydrogen-bond donors (Lipinski definition) is 2. The van der Waals surface area contributed by atoms with Gasteiger partial charge >= 0.3 is 0 Å². The van der Waals surface area contributed by atoms with Gasteiger partial charge in [0.2, 0.25) is 0 Å². The van der Waals surface area contributed by atoms with E-state index in [-0.39, 0.29) is 0 Å². The number of aromatic nitrogens is 4. The van der Waals surface area contributed by atoms with Gasteiger partial charge in [0.1, 0.15) is 7.85 Å². The zero-order chi connectivity index (χ0) is 20.2. The summed E-state index contributed by atoms with van der Waals surface area (Å²) in [6.07, 6.45) is 7.03. The standard InChI is InChI=1S/C14H11BN4.C6H14O2/c1-19-9-12(6-18-19)10-3-2-4-11(5-10)14-16-7-13(15)8-17-14;1-5(2,7)6(3,4)8/h2-9H,1H3;7-8H,1-4H3. The first-order chi connectivity index (χ1) is 12.5. The van der Waals surface area contributed by atoms with E-state index in [1.54, 1.807) is 44.8 Å². The third-order valence-electron chi connectivity index (χ3n) is 4.33. The molecule has 140 valence electrons. The fourth-order valence-electron chi connectivity index (χ4n) is 1.90. The Morgan fingerprint density at radius 2 is 1.44 bits per heavy atom. The van der Waals surface area contributed by atoms with Crippen LogP contribution in [0.4, 0.5) is 0 Å². The van der Waals surface area contributed by atoms with Crippen LogP contribution in [-0.4, -0.2) is 49.0 Å². The number of hydrogen-bond acceptors (Lipinski definition) is 5. The predicted molar refractivity (Wildman–Crippen MR) is 108 cm³/mol. The molecule has 3 rings (SSSR count). The third kappa shape index (κ3) is 5.74. The minimum absolute atomic E-state index is 0.562. The van der Waals surface area contributed by atoms with E-state index in [9.17, 15) is 0 Å². The van der Waals surface area contributed by atoms with Crippen molar-refractivity contribution in [2.45, 2.75) is 38.9 Å². The van der Waals surface area contributed by atoms with Gasteiger partial charge in [-0.15, -0.1) is 0 Å². The van der Waals surface area contributed by atoms with E-state index in [0.29, 0.717) is 11.3 Å². The average molecular weight is 364 g/mol. The third-order valence-corrected chi connectivity index (χ3v) is 4.33. The van der Waals surface area contributed by atoms with Crippen LogP contribution in [0.3, 0.4) is 0 Å². The highest BCUT2D eigenvalue weighted by Gasteiger charge is 2.31. The molecule has 7 heteroatoms. The molecule has 0 aliphatic heterocycles. The van der Waals surface area contributed by atoms with E-state index >= 15 is 0 Å². The molecule has 2 heterocycles. The van der Waals surface area contributed by atoms with E-state index in [2.05, 4.69) is 15.1 Å². The van der Waals surface area contributed by atoms with Crippen LogP contribution in [0.5, 0.6) is 0 Å². The summed E-state index contributed by atoms with van der Waals surface area (Å²) < 4.78 is 1.78. The highest BCUT2D eigenvalue weighted by Crippen LogP contribution is 2.23. The van der Waals surface area contributed by atoms with Crippen molar-refractivity contribution in [1.82, 2.24) is 19.7 Å².